The van der Waals surface area contributed by atoms with E-state index < -0.39 is 12.1 Å². The third-order valence-electron chi connectivity index (χ3n) is 6.91. The van der Waals surface area contributed by atoms with Crippen LogP contribution >= 0.6 is 0 Å². The highest BCUT2D eigenvalue weighted by atomic mass is 16.5. The van der Waals surface area contributed by atoms with Gasteiger partial charge in [-0.3, -0.25) is 5.10 Å². The lowest BCUT2D eigenvalue weighted by molar-refractivity contribution is 0.137. The van der Waals surface area contributed by atoms with Gasteiger partial charge in [0.05, 0.1) is 17.6 Å². The van der Waals surface area contributed by atoms with Crippen LogP contribution in [0.2, 0.25) is 0 Å². The van der Waals surface area contributed by atoms with Gasteiger partial charge < -0.3 is 10.1 Å². The lowest BCUT2D eigenvalue weighted by atomic mass is 9.99. The van der Waals surface area contributed by atoms with E-state index in [1.807, 2.05) is 53.5 Å². The van der Waals surface area contributed by atoms with Crippen LogP contribution in [0.15, 0.2) is 61.1 Å². The SMILES string of the molecule is O=C(NC(c1cnn(-c2c3c(cc4c2CCC4)CCC3)c1)c1ccn[nH]1)OCc1ccccc1. The number of H-pyrrole nitrogens is 1. The molecule has 7 heteroatoms. The van der Waals surface area contributed by atoms with E-state index in [1.54, 1.807) is 6.20 Å². The van der Waals surface area contributed by atoms with Crippen LogP contribution in [-0.4, -0.2) is 26.1 Å². The molecule has 0 aliphatic heterocycles. The number of alkyl carbamates (subject to hydrolysis) is 1. The van der Waals surface area contributed by atoms with Crippen molar-refractivity contribution in [3.63, 3.8) is 0 Å². The number of nitrogens with one attached hydrogen (secondary N) is 2. The fraction of sp³-hybridized carbons (Fsp3) is 0.296. The normalized spacial score (nSPS) is 15.1. The molecule has 2 heterocycles. The van der Waals surface area contributed by atoms with Crippen molar-refractivity contribution in [3.8, 4) is 5.69 Å². The predicted octanol–water partition coefficient (Wildman–Crippen LogP) is 4.59. The van der Waals surface area contributed by atoms with Crippen molar-refractivity contribution < 1.29 is 9.53 Å². The molecule has 7 nitrogen and oxygen atoms in total. The van der Waals surface area contributed by atoms with Crippen LogP contribution in [0.5, 0.6) is 0 Å². The summed E-state index contributed by atoms with van der Waals surface area (Å²) in [6, 6.07) is 13.5. The first kappa shape index (κ1) is 20.7. The number of benzene rings is 2. The molecule has 1 amide bonds. The second-order valence-electron chi connectivity index (χ2n) is 9.08. The summed E-state index contributed by atoms with van der Waals surface area (Å²) in [5.41, 5.74) is 9.66. The van der Waals surface area contributed by atoms with Crippen molar-refractivity contribution in [2.75, 3.05) is 0 Å². The molecule has 2 aliphatic carbocycles. The van der Waals surface area contributed by atoms with E-state index in [2.05, 4.69) is 21.6 Å². The van der Waals surface area contributed by atoms with Crippen molar-refractivity contribution in [3.05, 3.63) is 100 Å². The van der Waals surface area contributed by atoms with Gasteiger partial charge in [0.1, 0.15) is 12.6 Å². The number of aromatic amines is 1. The number of carbonyl (C=O) groups excluding carboxylic acids is 1. The Hall–Kier alpha value is -3.87. The largest absolute Gasteiger partial charge is 0.445 e. The molecular formula is C27H27N5O2. The zero-order valence-corrected chi connectivity index (χ0v) is 19.0. The highest BCUT2D eigenvalue weighted by molar-refractivity contribution is 5.68. The van der Waals surface area contributed by atoms with E-state index in [9.17, 15) is 4.79 Å². The quantitative estimate of drug-likeness (QED) is 0.447. The predicted molar refractivity (Wildman–Crippen MR) is 128 cm³/mol. The van der Waals surface area contributed by atoms with Crippen molar-refractivity contribution in [2.45, 2.75) is 51.2 Å². The molecule has 2 aliphatic rings. The van der Waals surface area contributed by atoms with Crippen LogP contribution in [0.4, 0.5) is 4.79 Å². The third kappa shape index (κ3) is 3.87. The monoisotopic (exact) mass is 453 g/mol. The van der Waals surface area contributed by atoms with E-state index in [0.29, 0.717) is 0 Å². The molecule has 0 fully saturated rings. The van der Waals surface area contributed by atoms with Gasteiger partial charge in [-0.25, -0.2) is 9.48 Å². The average molecular weight is 454 g/mol. The Labute approximate surface area is 198 Å². The lowest BCUT2D eigenvalue weighted by Gasteiger charge is -2.17. The smallest absolute Gasteiger partial charge is 0.408 e. The molecule has 0 saturated carbocycles. The van der Waals surface area contributed by atoms with Gasteiger partial charge in [-0.1, -0.05) is 36.4 Å². The molecule has 0 saturated heterocycles. The second-order valence-corrected chi connectivity index (χ2v) is 9.08. The van der Waals surface area contributed by atoms with Crippen molar-refractivity contribution in [1.29, 1.82) is 0 Å². The van der Waals surface area contributed by atoms with Gasteiger partial charge >= 0.3 is 6.09 Å². The average Bonchev–Trinajstić information content (AvgIpc) is 3.67. The summed E-state index contributed by atoms with van der Waals surface area (Å²) in [6.45, 7) is 0.212. The molecule has 4 aromatic rings. The van der Waals surface area contributed by atoms with E-state index in [4.69, 9.17) is 9.84 Å². The number of carbonyl (C=O) groups is 1. The number of nitrogens with zero attached hydrogens (tertiary/aromatic N) is 3. The molecule has 6 rings (SSSR count). The van der Waals surface area contributed by atoms with E-state index in [1.165, 1.54) is 40.8 Å². The Kier molecular flexibility index (Phi) is 5.37. The van der Waals surface area contributed by atoms with Crippen LogP contribution in [0.25, 0.3) is 5.69 Å². The van der Waals surface area contributed by atoms with Gasteiger partial charge in [-0.15, -0.1) is 0 Å². The third-order valence-corrected chi connectivity index (χ3v) is 6.91. The number of amides is 1. The summed E-state index contributed by atoms with van der Waals surface area (Å²) in [6.07, 6.45) is 12.0. The standard InChI is InChI=1S/C27H27N5O2/c33-27(34-17-18-6-2-1-3-7-18)30-25(24-12-13-28-31-24)21-15-29-32(16-21)26-22-10-4-8-19(22)14-20-9-5-11-23(20)26/h1-3,6-7,12-16,25H,4-5,8-11,17H2,(H,28,31)(H,30,33). The van der Waals surface area contributed by atoms with Gasteiger partial charge in [0.15, 0.2) is 0 Å². The molecule has 1 unspecified atom stereocenters. The van der Waals surface area contributed by atoms with Crippen molar-refractivity contribution >= 4 is 6.09 Å². The molecule has 172 valence electrons. The molecule has 34 heavy (non-hydrogen) atoms. The molecular weight excluding hydrogens is 426 g/mol. The lowest BCUT2D eigenvalue weighted by Crippen LogP contribution is -2.30. The molecule has 2 aromatic carbocycles. The summed E-state index contributed by atoms with van der Waals surface area (Å²) < 4.78 is 7.50. The summed E-state index contributed by atoms with van der Waals surface area (Å²) >= 11 is 0. The molecule has 0 bridgehead atoms. The zero-order valence-electron chi connectivity index (χ0n) is 19.0. The first-order chi connectivity index (χ1) is 16.8. The van der Waals surface area contributed by atoms with Crippen LogP contribution < -0.4 is 5.32 Å². The number of aryl methyl sites for hydroxylation is 2. The first-order valence-corrected chi connectivity index (χ1v) is 11.9. The van der Waals surface area contributed by atoms with Gasteiger partial charge in [0.25, 0.3) is 0 Å². The van der Waals surface area contributed by atoms with E-state index in [-0.39, 0.29) is 6.61 Å². The van der Waals surface area contributed by atoms with Crippen LogP contribution in [0.3, 0.4) is 0 Å². The highest BCUT2D eigenvalue weighted by Crippen LogP contribution is 2.37. The Morgan fingerprint density at radius 1 is 1.06 bits per heavy atom. The minimum Gasteiger partial charge on any atom is -0.445 e. The number of aromatic nitrogens is 4. The molecule has 2 N–H and O–H groups in total. The Balaban J connectivity index is 1.29. The maximum Gasteiger partial charge on any atom is 0.408 e. The highest BCUT2D eigenvalue weighted by Gasteiger charge is 2.27. The van der Waals surface area contributed by atoms with Gasteiger partial charge in [0.2, 0.25) is 0 Å². The van der Waals surface area contributed by atoms with Crippen LogP contribution in [0.1, 0.15) is 58.0 Å². The minimum absolute atomic E-state index is 0.212. The number of ether oxygens (including phenoxy) is 1. The number of rotatable bonds is 6. The fourth-order valence-corrected chi connectivity index (χ4v) is 5.32. The summed E-state index contributed by atoms with van der Waals surface area (Å²) in [5.74, 6) is 0. The Morgan fingerprint density at radius 2 is 1.82 bits per heavy atom. The van der Waals surface area contributed by atoms with E-state index >= 15 is 0 Å². The Morgan fingerprint density at radius 3 is 2.53 bits per heavy atom. The number of fused-ring (bicyclic) bond motifs is 2. The van der Waals surface area contributed by atoms with Gasteiger partial charge in [-0.05, 0) is 72.4 Å². The van der Waals surface area contributed by atoms with E-state index in [0.717, 1.165) is 42.5 Å². The molecule has 1 atom stereocenters. The van der Waals surface area contributed by atoms with Gasteiger partial charge in [-0.2, -0.15) is 10.2 Å². The Bertz CT molecular complexity index is 1280. The van der Waals surface area contributed by atoms with Crippen LogP contribution in [0, 0.1) is 0 Å². The molecule has 2 aromatic heterocycles. The zero-order chi connectivity index (χ0) is 22.9. The van der Waals surface area contributed by atoms with Gasteiger partial charge in [0, 0.05) is 18.0 Å². The summed E-state index contributed by atoms with van der Waals surface area (Å²) in [7, 11) is 0. The fourth-order valence-electron chi connectivity index (χ4n) is 5.32. The maximum absolute atomic E-state index is 12.7. The topological polar surface area (TPSA) is 84.8 Å². The summed E-state index contributed by atoms with van der Waals surface area (Å²) in [5, 5.41) is 14.8. The molecule has 0 spiro atoms. The van der Waals surface area contributed by atoms with Crippen molar-refractivity contribution in [1.82, 2.24) is 25.3 Å². The first-order valence-electron chi connectivity index (χ1n) is 11.9. The molecule has 0 radical (unpaired) electrons. The minimum atomic E-state index is -0.488. The van der Waals surface area contributed by atoms with Crippen molar-refractivity contribution in [2.24, 2.45) is 0 Å². The number of hydrogen-bond donors (Lipinski definition) is 2. The summed E-state index contributed by atoms with van der Waals surface area (Å²) in [4.78, 5) is 12.7. The van der Waals surface area contributed by atoms with Crippen LogP contribution in [-0.2, 0) is 37.0 Å². The second kappa shape index (κ2) is 8.82. The number of hydrogen-bond acceptors (Lipinski definition) is 4. The maximum atomic E-state index is 12.7.